The van der Waals surface area contributed by atoms with Crippen molar-refractivity contribution in [3.05, 3.63) is 76.3 Å². The molecule has 0 radical (unpaired) electrons. The number of alkyl halides is 3. The van der Waals surface area contributed by atoms with Crippen molar-refractivity contribution in [1.82, 2.24) is 19.9 Å². The number of halogens is 5. The van der Waals surface area contributed by atoms with Gasteiger partial charge in [0.25, 0.3) is 5.91 Å². The predicted molar refractivity (Wildman–Crippen MR) is 93.6 cm³/mol. The molecule has 0 saturated heterocycles. The second-order valence-corrected chi connectivity index (χ2v) is 6.40. The molecule has 0 N–H and O–H groups in total. The van der Waals surface area contributed by atoms with Crippen LogP contribution in [0.25, 0.3) is 5.69 Å². The molecule has 0 aliphatic carbocycles. The van der Waals surface area contributed by atoms with Crippen molar-refractivity contribution in [3.63, 3.8) is 0 Å². The molecular formula is C18H13ClF4N4O. The fourth-order valence-electron chi connectivity index (χ4n) is 2.59. The summed E-state index contributed by atoms with van der Waals surface area (Å²) < 4.78 is 54.8. The number of carbonyl (C=O) groups is 1. The molecular weight excluding hydrogens is 400 g/mol. The molecule has 3 rings (SSSR count). The van der Waals surface area contributed by atoms with Gasteiger partial charge in [-0.3, -0.25) is 4.79 Å². The van der Waals surface area contributed by atoms with E-state index in [9.17, 15) is 22.4 Å². The third-order valence-corrected chi connectivity index (χ3v) is 4.13. The Hall–Kier alpha value is -2.94. The van der Waals surface area contributed by atoms with E-state index >= 15 is 0 Å². The van der Waals surface area contributed by atoms with Crippen molar-refractivity contribution in [3.8, 4) is 5.69 Å². The Morgan fingerprint density at radius 1 is 1.18 bits per heavy atom. The number of hydrogen-bond donors (Lipinski definition) is 0. The van der Waals surface area contributed by atoms with E-state index in [0.717, 1.165) is 17.0 Å². The minimum absolute atomic E-state index is 0.0418. The van der Waals surface area contributed by atoms with Crippen LogP contribution in [0.4, 0.5) is 17.6 Å². The van der Waals surface area contributed by atoms with Gasteiger partial charge in [0.05, 0.1) is 5.69 Å². The molecule has 0 aliphatic heterocycles. The standard InChI is InChI=1S/C18H13ClF4N4O/c1-26(10-11-5-7-12(19)8-6-11)17(28)15-16(18(21,22)23)27(25-24-15)14-4-2-3-13(20)9-14/h2-9H,10H2,1H3. The van der Waals surface area contributed by atoms with Crippen LogP contribution in [0, 0.1) is 5.82 Å². The molecule has 10 heteroatoms. The van der Waals surface area contributed by atoms with Gasteiger partial charge in [-0.15, -0.1) is 5.10 Å². The summed E-state index contributed by atoms with van der Waals surface area (Å²) in [6.07, 6.45) is -4.93. The number of rotatable bonds is 4. The van der Waals surface area contributed by atoms with Crippen LogP contribution in [0.2, 0.25) is 5.02 Å². The third kappa shape index (κ3) is 4.14. The quantitative estimate of drug-likeness (QED) is 0.599. The molecule has 3 aromatic rings. The van der Waals surface area contributed by atoms with Crippen molar-refractivity contribution in [1.29, 1.82) is 0 Å². The summed E-state index contributed by atoms with van der Waals surface area (Å²) in [6, 6.07) is 10.9. The molecule has 0 unspecified atom stereocenters. The van der Waals surface area contributed by atoms with Gasteiger partial charge in [0.2, 0.25) is 0 Å². The van der Waals surface area contributed by atoms with E-state index in [-0.39, 0.29) is 12.2 Å². The highest BCUT2D eigenvalue weighted by molar-refractivity contribution is 6.30. The number of hydrogen-bond acceptors (Lipinski definition) is 3. The zero-order chi connectivity index (χ0) is 20.5. The van der Waals surface area contributed by atoms with E-state index in [0.29, 0.717) is 15.3 Å². The van der Waals surface area contributed by atoms with Crippen LogP contribution in [0.5, 0.6) is 0 Å². The van der Waals surface area contributed by atoms with Gasteiger partial charge in [-0.25, -0.2) is 9.07 Å². The highest BCUT2D eigenvalue weighted by atomic mass is 35.5. The molecule has 0 saturated carbocycles. The first-order chi connectivity index (χ1) is 13.2. The van der Waals surface area contributed by atoms with Crippen LogP contribution in [0.1, 0.15) is 21.7 Å². The molecule has 0 bridgehead atoms. The van der Waals surface area contributed by atoms with Gasteiger partial charge in [-0.2, -0.15) is 13.2 Å². The van der Waals surface area contributed by atoms with E-state index in [1.807, 2.05) is 0 Å². The Morgan fingerprint density at radius 3 is 2.46 bits per heavy atom. The van der Waals surface area contributed by atoms with Gasteiger partial charge in [-0.1, -0.05) is 35.0 Å². The first kappa shape index (κ1) is 19.8. The predicted octanol–water partition coefficient (Wildman–Crippen LogP) is 4.35. The molecule has 0 aliphatic rings. The van der Waals surface area contributed by atoms with E-state index in [2.05, 4.69) is 10.3 Å². The number of nitrogens with zero attached hydrogens (tertiary/aromatic N) is 4. The summed E-state index contributed by atoms with van der Waals surface area (Å²) in [4.78, 5) is 13.7. The van der Waals surface area contributed by atoms with Crippen molar-refractivity contribution >= 4 is 17.5 Å². The lowest BCUT2D eigenvalue weighted by Crippen LogP contribution is -2.29. The monoisotopic (exact) mass is 412 g/mol. The zero-order valence-electron chi connectivity index (χ0n) is 14.4. The van der Waals surface area contributed by atoms with Crippen molar-refractivity contribution < 1.29 is 22.4 Å². The molecule has 0 spiro atoms. The highest BCUT2D eigenvalue weighted by Crippen LogP contribution is 2.33. The lowest BCUT2D eigenvalue weighted by atomic mass is 10.2. The van der Waals surface area contributed by atoms with E-state index < -0.39 is 29.3 Å². The average Bonchev–Trinajstić information content (AvgIpc) is 3.08. The summed E-state index contributed by atoms with van der Waals surface area (Å²) in [6.45, 7) is 0.0418. The minimum Gasteiger partial charge on any atom is -0.336 e. The summed E-state index contributed by atoms with van der Waals surface area (Å²) in [5, 5.41) is 7.35. The third-order valence-electron chi connectivity index (χ3n) is 3.87. The number of benzene rings is 2. The lowest BCUT2D eigenvalue weighted by molar-refractivity contribution is -0.143. The van der Waals surface area contributed by atoms with Crippen LogP contribution >= 0.6 is 11.6 Å². The maximum Gasteiger partial charge on any atom is 0.435 e. The van der Waals surface area contributed by atoms with Crippen LogP contribution in [0.3, 0.4) is 0 Å². The molecule has 2 aromatic carbocycles. The first-order valence-electron chi connectivity index (χ1n) is 7.95. The lowest BCUT2D eigenvalue weighted by Gasteiger charge is -2.17. The smallest absolute Gasteiger partial charge is 0.336 e. The SMILES string of the molecule is CN(Cc1ccc(Cl)cc1)C(=O)c1nnn(-c2cccc(F)c2)c1C(F)(F)F. The fraction of sp³-hybridized carbons (Fsp3) is 0.167. The van der Waals surface area contributed by atoms with Crippen molar-refractivity contribution in [2.45, 2.75) is 12.7 Å². The van der Waals surface area contributed by atoms with Gasteiger partial charge >= 0.3 is 6.18 Å². The van der Waals surface area contributed by atoms with Crippen molar-refractivity contribution in [2.24, 2.45) is 0 Å². The van der Waals surface area contributed by atoms with Crippen molar-refractivity contribution in [2.75, 3.05) is 7.05 Å². The van der Waals surface area contributed by atoms with Crippen LogP contribution < -0.4 is 0 Å². The molecule has 28 heavy (non-hydrogen) atoms. The molecule has 1 amide bonds. The molecule has 0 atom stereocenters. The molecule has 1 heterocycles. The number of carbonyl (C=O) groups excluding carboxylic acids is 1. The highest BCUT2D eigenvalue weighted by Gasteiger charge is 2.42. The topological polar surface area (TPSA) is 51.0 Å². The Balaban J connectivity index is 1.97. The minimum atomic E-state index is -4.93. The summed E-state index contributed by atoms with van der Waals surface area (Å²) in [5.41, 5.74) is -1.76. The fourth-order valence-corrected chi connectivity index (χ4v) is 2.71. The molecule has 146 valence electrons. The Labute approximate surface area is 162 Å². The summed E-state index contributed by atoms with van der Waals surface area (Å²) >= 11 is 5.80. The Kier molecular flexibility index (Phi) is 5.37. The van der Waals surface area contributed by atoms with E-state index in [4.69, 9.17) is 11.6 Å². The van der Waals surface area contributed by atoms with Crippen LogP contribution in [0.15, 0.2) is 48.5 Å². The normalized spacial score (nSPS) is 11.5. The van der Waals surface area contributed by atoms with Gasteiger partial charge in [-0.05, 0) is 35.9 Å². The second kappa shape index (κ2) is 7.59. The average molecular weight is 413 g/mol. The summed E-state index contributed by atoms with van der Waals surface area (Å²) in [7, 11) is 1.35. The van der Waals surface area contributed by atoms with Gasteiger partial charge < -0.3 is 4.90 Å². The van der Waals surface area contributed by atoms with Gasteiger partial charge in [0.15, 0.2) is 11.4 Å². The first-order valence-corrected chi connectivity index (χ1v) is 8.33. The van der Waals surface area contributed by atoms with Gasteiger partial charge in [0, 0.05) is 18.6 Å². The Morgan fingerprint density at radius 2 is 1.86 bits per heavy atom. The molecule has 0 fully saturated rings. The molecule has 5 nitrogen and oxygen atoms in total. The second-order valence-electron chi connectivity index (χ2n) is 5.96. The maximum absolute atomic E-state index is 13.6. The van der Waals surface area contributed by atoms with Crippen LogP contribution in [-0.2, 0) is 12.7 Å². The molecule has 1 aromatic heterocycles. The van der Waals surface area contributed by atoms with Gasteiger partial charge in [0.1, 0.15) is 5.82 Å². The summed E-state index contributed by atoms with van der Waals surface area (Å²) in [5.74, 6) is -1.71. The number of amides is 1. The largest absolute Gasteiger partial charge is 0.435 e. The number of aromatic nitrogens is 3. The maximum atomic E-state index is 13.6. The van der Waals surface area contributed by atoms with E-state index in [1.54, 1.807) is 24.3 Å². The van der Waals surface area contributed by atoms with E-state index in [1.165, 1.54) is 19.2 Å². The van der Waals surface area contributed by atoms with Crippen LogP contribution in [-0.4, -0.2) is 32.8 Å². The Bertz CT molecular complexity index is 1000. The zero-order valence-corrected chi connectivity index (χ0v) is 15.2.